The molecular formula is C27H26N8O2. The third kappa shape index (κ3) is 5.18. The topological polar surface area (TPSA) is 137 Å². The van der Waals surface area contributed by atoms with Crippen molar-refractivity contribution in [3.05, 3.63) is 90.6 Å². The number of primary amides is 1. The average Bonchev–Trinajstić information content (AvgIpc) is 3.66. The van der Waals surface area contributed by atoms with Crippen molar-refractivity contribution in [3.63, 3.8) is 0 Å². The van der Waals surface area contributed by atoms with Crippen LogP contribution in [0.1, 0.15) is 28.9 Å². The minimum absolute atomic E-state index is 0.107. The number of amides is 2. The van der Waals surface area contributed by atoms with E-state index < -0.39 is 5.91 Å². The summed E-state index contributed by atoms with van der Waals surface area (Å²) in [4.78, 5) is 29.8. The Morgan fingerprint density at radius 3 is 2.59 bits per heavy atom. The van der Waals surface area contributed by atoms with Crippen molar-refractivity contribution in [1.82, 2.24) is 29.5 Å². The quantitative estimate of drug-likeness (QED) is 0.287. The van der Waals surface area contributed by atoms with Crippen LogP contribution in [-0.2, 0) is 18.3 Å². The number of carbonyl (C=O) groups is 2. The lowest BCUT2D eigenvalue weighted by Gasteiger charge is -2.14. The van der Waals surface area contributed by atoms with Gasteiger partial charge >= 0.3 is 0 Å². The number of imidazole rings is 1. The molecule has 0 aliphatic heterocycles. The maximum Gasteiger partial charge on any atom is 0.249 e. The van der Waals surface area contributed by atoms with E-state index in [2.05, 4.69) is 20.6 Å². The molecule has 0 unspecified atom stereocenters. The zero-order valence-electron chi connectivity index (χ0n) is 20.3. The average molecular weight is 495 g/mol. The van der Waals surface area contributed by atoms with Crippen molar-refractivity contribution in [3.8, 4) is 28.2 Å². The van der Waals surface area contributed by atoms with E-state index in [1.165, 1.54) is 0 Å². The van der Waals surface area contributed by atoms with E-state index in [4.69, 9.17) is 10.7 Å². The molecule has 4 N–H and O–H groups in total. The maximum atomic E-state index is 12.5. The third-order valence-electron chi connectivity index (χ3n) is 5.97. The van der Waals surface area contributed by atoms with E-state index in [1.54, 1.807) is 35.3 Å². The van der Waals surface area contributed by atoms with Crippen LogP contribution in [0, 0.1) is 0 Å². The lowest BCUT2D eigenvalue weighted by atomic mass is 9.96. The molecule has 3 aromatic heterocycles. The Morgan fingerprint density at radius 1 is 1.05 bits per heavy atom. The fraction of sp³-hybridized carbons (Fsp3) is 0.148. The van der Waals surface area contributed by atoms with Crippen LogP contribution in [0.25, 0.3) is 28.2 Å². The lowest BCUT2D eigenvalue weighted by Crippen LogP contribution is -2.14. The van der Waals surface area contributed by atoms with Crippen molar-refractivity contribution in [1.29, 1.82) is 0 Å². The molecule has 2 aromatic carbocycles. The summed E-state index contributed by atoms with van der Waals surface area (Å²) >= 11 is 0. The van der Waals surface area contributed by atoms with Gasteiger partial charge in [0.25, 0.3) is 0 Å². The van der Waals surface area contributed by atoms with Gasteiger partial charge in [0, 0.05) is 48.7 Å². The monoisotopic (exact) mass is 494 g/mol. The molecule has 0 bridgehead atoms. The van der Waals surface area contributed by atoms with Crippen LogP contribution in [-0.4, -0.2) is 41.3 Å². The summed E-state index contributed by atoms with van der Waals surface area (Å²) in [6.45, 7) is 0. The van der Waals surface area contributed by atoms with E-state index in [9.17, 15) is 9.59 Å². The number of hydrogen-bond donors (Lipinski definition) is 3. The number of aromatic amines is 1. The minimum Gasteiger partial charge on any atom is -0.366 e. The van der Waals surface area contributed by atoms with Crippen LogP contribution in [0.4, 0.5) is 5.82 Å². The Hall–Kier alpha value is -4.99. The fourth-order valence-electron chi connectivity index (χ4n) is 4.28. The molecule has 0 saturated heterocycles. The number of benzene rings is 2. The van der Waals surface area contributed by atoms with Crippen molar-refractivity contribution in [2.45, 2.75) is 19.3 Å². The second-order valence-electron chi connectivity index (χ2n) is 8.63. The number of nitrogens with two attached hydrogens (primary N) is 1. The normalized spacial score (nSPS) is 10.9. The molecule has 3 heterocycles. The Labute approximate surface area is 213 Å². The second kappa shape index (κ2) is 10.3. The molecule has 5 aromatic rings. The van der Waals surface area contributed by atoms with Crippen LogP contribution in [0.15, 0.2) is 79.4 Å². The molecular weight excluding hydrogens is 468 g/mol. The van der Waals surface area contributed by atoms with Crippen molar-refractivity contribution in [2.75, 3.05) is 5.32 Å². The Morgan fingerprint density at radius 2 is 1.89 bits per heavy atom. The summed E-state index contributed by atoms with van der Waals surface area (Å²) in [6, 6.07) is 16.9. The zero-order chi connectivity index (χ0) is 25.8. The van der Waals surface area contributed by atoms with Gasteiger partial charge in [-0.15, -0.1) is 0 Å². The largest absolute Gasteiger partial charge is 0.366 e. The number of H-pyrrole nitrogens is 1. The number of nitrogens with zero attached hydrogens (tertiary/aromatic N) is 5. The first-order chi connectivity index (χ1) is 18.0. The number of aromatic nitrogens is 6. The summed E-state index contributed by atoms with van der Waals surface area (Å²) in [7, 11) is 1.84. The maximum absolute atomic E-state index is 12.5. The summed E-state index contributed by atoms with van der Waals surface area (Å²) in [5.41, 5.74) is 10.2. The van der Waals surface area contributed by atoms with Gasteiger partial charge in [0.2, 0.25) is 11.8 Å². The van der Waals surface area contributed by atoms with Gasteiger partial charge in [-0.25, -0.2) is 4.98 Å². The van der Waals surface area contributed by atoms with Gasteiger partial charge in [0.15, 0.2) is 0 Å². The summed E-state index contributed by atoms with van der Waals surface area (Å²) in [5.74, 6) is 0.508. The third-order valence-corrected chi connectivity index (χ3v) is 5.97. The molecule has 0 aliphatic carbocycles. The highest BCUT2D eigenvalue weighted by Crippen LogP contribution is 2.36. The first kappa shape index (κ1) is 23.7. The van der Waals surface area contributed by atoms with Crippen LogP contribution < -0.4 is 11.1 Å². The Balaban J connectivity index is 1.52. The predicted molar refractivity (Wildman–Crippen MR) is 140 cm³/mol. The summed E-state index contributed by atoms with van der Waals surface area (Å²) < 4.78 is 3.67. The predicted octanol–water partition coefficient (Wildman–Crippen LogP) is 3.72. The lowest BCUT2D eigenvalue weighted by molar-refractivity contribution is -0.116. The smallest absolute Gasteiger partial charge is 0.249 e. The molecule has 0 saturated carbocycles. The molecule has 186 valence electrons. The van der Waals surface area contributed by atoms with Gasteiger partial charge in [-0.05, 0) is 36.6 Å². The van der Waals surface area contributed by atoms with Crippen LogP contribution in [0.2, 0.25) is 0 Å². The van der Waals surface area contributed by atoms with Crippen molar-refractivity contribution < 1.29 is 9.59 Å². The number of aryl methyl sites for hydroxylation is 2. The molecule has 10 heteroatoms. The van der Waals surface area contributed by atoms with E-state index in [1.807, 2.05) is 60.4 Å². The molecule has 10 nitrogen and oxygen atoms in total. The highest BCUT2D eigenvalue weighted by molar-refractivity contribution is 6.03. The van der Waals surface area contributed by atoms with E-state index in [0.717, 1.165) is 22.5 Å². The second-order valence-corrected chi connectivity index (χ2v) is 8.63. The zero-order valence-corrected chi connectivity index (χ0v) is 20.3. The first-order valence-corrected chi connectivity index (χ1v) is 11.8. The van der Waals surface area contributed by atoms with Crippen LogP contribution in [0.3, 0.4) is 0 Å². The van der Waals surface area contributed by atoms with E-state index in [-0.39, 0.29) is 5.91 Å². The van der Waals surface area contributed by atoms with Crippen LogP contribution in [0.5, 0.6) is 0 Å². The molecule has 0 atom stereocenters. The molecule has 0 spiro atoms. The number of anilines is 1. The highest BCUT2D eigenvalue weighted by Gasteiger charge is 2.22. The number of hydrogen-bond acceptors (Lipinski definition) is 5. The molecule has 2 amide bonds. The van der Waals surface area contributed by atoms with E-state index in [0.29, 0.717) is 42.0 Å². The first-order valence-electron chi connectivity index (χ1n) is 11.8. The molecule has 0 aliphatic rings. The van der Waals surface area contributed by atoms with Gasteiger partial charge in [0.05, 0.1) is 23.7 Å². The number of rotatable bonds is 9. The van der Waals surface area contributed by atoms with E-state index >= 15 is 0 Å². The Kier molecular flexibility index (Phi) is 6.62. The molecule has 0 fully saturated rings. The number of nitrogens with one attached hydrogen (secondary N) is 2. The van der Waals surface area contributed by atoms with Gasteiger partial charge in [0.1, 0.15) is 11.6 Å². The van der Waals surface area contributed by atoms with Crippen LogP contribution >= 0.6 is 0 Å². The van der Waals surface area contributed by atoms with Gasteiger partial charge in [-0.2, -0.15) is 10.2 Å². The van der Waals surface area contributed by atoms with Crippen molar-refractivity contribution >= 4 is 17.6 Å². The number of carbonyl (C=O) groups excluding carboxylic acids is 2. The molecule has 37 heavy (non-hydrogen) atoms. The fourth-order valence-corrected chi connectivity index (χ4v) is 4.28. The standard InChI is InChI=1S/C27H26N8O2/c1-34-16-18(15-30-34)21-10-6-11-22(26(28)37)25(21)27-31-19(17-35(27)20-8-3-2-4-9-20)7-5-12-24(36)32-23-13-14-29-33-23/h2-4,6,8-11,13-17H,5,7,12H2,1H3,(H2,28,37)(H2,29,32,33,36). The molecule has 5 rings (SSSR count). The van der Waals surface area contributed by atoms with Crippen molar-refractivity contribution in [2.24, 2.45) is 12.8 Å². The summed E-state index contributed by atoms with van der Waals surface area (Å²) in [6.07, 6.45) is 8.66. The number of para-hydroxylation sites is 1. The van der Waals surface area contributed by atoms with Gasteiger partial charge in [-0.3, -0.25) is 23.9 Å². The SMILES string of the molecule is Cn1cc(-c2cccc(C(N)=O)c2-c2nc(CCCC(=O)Nc3ccn[nH]3)cn2-c2ccccc2)cn1. The Bertz CT molecular complexity index is 1530. The molecule has 0 radical (unpaired) electrons. The van der Waals surface area contributed by atoms with Gasteiger partial charge < -0.3 is 11.1 Å². The summed E-state index contributed by atoms with van der Waals surface area (Å²) in [5, 5.41) is 13.6. The van der Waals surface area contributed by atoms with Gasteiger partial charge in [-0.1, -0.05) is 30.3 Å². The highest BCUT2D eigenvalue weighted by atomic mass is 16.2. The minimum atomic E-state index is -0.541.